The van der Waals surface area contributed by atoms with Gasteiger partial charge in [0.1, 0.15) is 17.0 Å². The van der Waals surface area contributed by atoms with Crippen LogP contribution in [0.1, 0.15) is 74.7 Å². The van der Waals surface area contributed by atoms with E-state index in [1.54, 1.807) is 12.2 Å². The summed E-state index contributed by atoms with van der Waals surface area (Å²) in [6.45, 7) is 17.1. The molecule has 3 aliphatic rings. The number of likely N-dealkylation sites (tertiary alicyclic amines) is 1. The van der Waals surface area contributed by atoms with E-state index in [0.29, 0.717) is 13.1 Å². The summed E-state index contributed by atoms with van der Waals surface area (Å²) < 4.78 is 11.7. The molecule has 0 aromatic rings. The van der Waals surface area contributed by atoms with Gasteiger partial charge in [0, 0.05) is 30.9 Å². The van der Waals surface area contributed by atoms with Crippen LogP contribution in [0.5, 0.6) is 0 Å². The number of hydrogen-bond donors (Lipinski definition) is 1. The van der Waals surface area contributed by atoms with Gasteiger partial charge in [-0.15, -0.1) is 0 Å². The van der Waals surface area contributed by atoms with Gasteiger partial charge in [0.05, 0.1) is 24.5 Å². The fourth-order valence-corrected chi connectivity index (χ4v) is 4.93. The summed E-state index contributed by atoms with van der Waals surface area (Å²) in [5.74, 6) is 0.426. The van der Waals surface area contributed by atoms with Crippen molar-refractivity contribution in [2.24, 2.45) is 5.92 Å². The molecule has 1 N–H and O–H groups in total. The summed E-state index contributed by atoms with van der Waals surface area (Å²) in [6, 6.07) is -0.516. The zero-order chi connectivity index (χ0) is 25.4. The lowest BCUT2D eigenvalue weighted by atomic mass is 9.96. The van der Waals surface area contributed by atoms with Crippen LogP contribution >= 0.6 is 0 Å². The smallest absolute Gasteiger partial charge is 0.308 e. The molecule has 4 atom stereocenters. The fourth-order valence-electron chi connectivity index (χ4n) is 4.93. The van der Waals surface area contributed by atoms with Crippen molar-refractivity contribution in [2.45, 2.75) is 104 Å². The van der Waals surface area contributed by atoms with Crippen LogP contribution in [0.2, 0.25) is 0 Å². The third kappa shape index (κ3) is 6.13. The quantitative estimate of drug-likeness (QED) is 0.569. The minimum absolute atomic E-state index is 0.00240. The minimum atomic E-state index is -0.580. The van der Waals surface area contributed by atoms with Crippen LogP contribution < -0.4 is 5.32 Å². The van der Waals surface area contributed by atoms with E-state index in [4.69, 9.17) is 9.47 Å². The maximum Gasteiger partial charge on any atom is 0.308 e. The first-order valence-electron chi connectivity index (χ1n) is 12.4. The molecular formula is C26H41N3O5. The Morgan fingerprint density at radius 3 is 2.41 bits per heavy atom. The first-order valence-corrected chi connectivity index (χ1v) is 12.4. The van der Waals surface area contributed by atoms with E-state index in [-0.39, 0.29) is 47.8 Å². The largest absolute Gasteiger partial charge is 0.490 e. The molecule has 0 aromatic heterocycles. The van der Waals surface area contributed by atoms with Crippen molar-refractivity contribution >= 4 is 17.8 Å². The Morgan fingerprint density at radius 1 is 1.15 bits per heavy atom. The van der Waals surface area contributed by atoms with Gasteiger partial charge in [-0.1, -0.05) is 20.3 Å². The number of carbonyl (C=O) groups is 3. The molecule has 1 saturated heterocycles. The molecule has 190 valence electrons. The number of ether oxygens (including phenoxy) is 2. The van der Waals surface area contributed by atoms with Crippen LogP contribution in [-0.2, 0) is 23.9 Å². The second kappa shape index (κ2) is 9.62. The van der Waals surface area contributed by atoms with Gasteiger partial charge in [0.15, 0.2) is 0 Å². The average molecular weight is 476 g/mol. The highest BCUT2D eigenvalue weighted by molar-refractivity contribution is 5.93. The van der Waals surface area contributed by atoms with E-state index in [9.17, 15) is 14.4 Å². The Hall–Kier alpha value is -2.51. The maximum atomic E-state index is 13.1. The van der Waals surface area contributed by atoms with Crippen molar-refractivity contribution in [2.75, 3.05) is 13.1 Å². The molecule has 2 amide bonds. The molecule has 3 aliphatic heterocycles. The summed E-state index contributed by atoms with van der Waals surface area (Å²) in [5, 5.41) is 2.87. The molecule has 0 saturated carbocycles. The van der Waals surface area contributed by atoms with E-state index < -0.39 is 11.6 Å². The molecule has 3 rings (SSSR count). The first kappa shape index (κ1) is 26.1. The summed E-state index contributed by atoms with van der Waals surface area (Å²) in [6.07, 6.45) is 5.02. The van der Waals surface area contributed by atoms with E-state index >= 15 is 0 Å². The zero-order valence-electron chi connectivity index (χ0n) is 21.9. The lowest BCUT2D eigenvalue weighted by molar-refractivity contribution is -0.155. The third-order valence-corrected chi connectivity index (χ3v) is 6.38. The van der Waals surface area contributed by atoms with Gasteiger partial charge in [0.25, 0.3) is 5.91 Å². The predicted octanol–water partition coefficient (Wildman–Crippen LogP) is 3.13. The van der Waals surface area contributed by atoms with Gasteiger partial charge >= 0.3 is 5.97 Å². The Balaban J connectivity index is 1.73. The molecule has 0 unspecified atom stereocenters. The molecular weight excluding hydrogens is 434 g/mol. The SMILES string of the molecule is CC[C@H](C)[C@H]1C(OC(C)(C)C)=CC(=O)N1[C@H]1CCN(C2=CC(=O)N[C@H]2CC(=O)OC(C)(C)C)C1. The topological polar surface area (TPSA) is 88.2 Å². The second-order valence-corrected chi connectivity index (χ2v) is 11.6. The minimum Gasteiger partial charge on any atom is -0.490 e. The molecule has 0 radical (unpaired) electrons. The fraction of sp³-hybridized carbons (Fsp3) is 0.731. The standard InChI is InChI=1S/C26H41N3O5/c1-9-16(2)24-20(33-25(3,4)5)14-22(31)29(24)17-10-11-28(15-17)19-13-21(30)27-18(19)12-23(32)34-26(6,7)8/h13-14,16-18,24H,9-12,15H2,1-8H3,(H,27,30)/t16-,17-,18-,24-/m0/s1. The highest BCUT2D eigenvalue weighted by Gasteiger charge is 2.45. The Bertz CT molecular complexity index is 880. The van der Waals surface area contributed by atoms with E-state index in [1.165, 1.54) is 0 Å². The van der Waals surface area contributed by atoms with Crippen LogP contribution in [0.15, 0.2) is 23.6 Å². The van der Waals surface area contributed by atoms with E-state index in [1.807, 2.05) is 46.4 Å². The van der Waals surface area contributed by atoms with Crippen LogP contribution in [-0.4, -0.2) is 70.0 Å². The molecule has 1 fully saturated rings. The van der Waals surface area contributed by atoms with Gasteiger partial charge in [-0.3, -0.25) is 14.4 Å². The molecule has 8 nitrogen and oxygen atoms in total. The number of hydrogen-bond acceptors (Lipinski definition) is 6. The second-order valence-electron chi connectivity index (χ2n) is 11.6. The van der Waals surface area contributed by atoms with Gasteiger partial charge < -0.3 is 24.6 Å². The van der Waals surface area contributed by atoms with Gasteiger partial charge in [-0.2, -0.15) is 0 Å². The molecule has 3 heterocycles. The van der Waals surface area contributed by atoms with Gasteiger partial charge in [0.2, 0.25) is 5.91 Å². The van der Waals surface area contributed by atoms with Crippen molar-refractivity contribution in [1.29, 1.82) is 0 Å². The van der Waals surface area contributed by atoms with E-state index in [0.717, 1.165) is 24.3 Å². The maximum absolute atomic E-state index is 13.1. The van der Waals surface area contributed by atoms with Crippen molar-refractivity contribution < 1.29 is 23.9 Å². The number of amides is 2. The Morgan fingerprint density at radius 2 is 1.82 bits per heavy atom. The molecule has 34 heavy (non-hydrogen) atoms. The Kier molecular flexibility index (Phi) is 7.39. The summed E-state index contributed by atoms with van der Waals surface area (Å²) in [7, 11) is 0. The summed E-state index contributed by atoms with van der Waals surface area (Å²) in [5.41, 5.74) is -0.168. The summed E-state index contributed by atoms with van der Waals surface area (Å²) >= 11 is 0. The number of nitrogens with one attached hydrogen (secondary N) is 1. The number of carbonyl (C=O) groups excluding carboxylic acids is 3. The Labute approximate surface area is 203 Å². The number of rotatable bonds is 7. The monoisotopic (exact) mass is 475 g/mol. The lowest BCUT2D eigenvalue weighted by Gasteiger charge is -2.37. The molecule has 0 aliphatic carbocycles. The number of esters is 1. The number of nitrogens with zero attached hydrogens (tertiary/aromatic N) is 2. The average Bonchev–Trinajstić information content (AvgIpc) is 3.35. The summed E-state index contributed by atoms with van der Waals surface area (Å²) in [4.78, 5) is 41.8. The normalized spacial score (nSPS) is 26.4. The third-order valence-electron chi connectivity index (χ3n) is 6.38. The van der Waals surface area contributed by atoms with Crippen molar-refractivity contribution in [3.8, 4) is 0 Å². The molecule has 8 heteroatoms. The highest BCUT2D eigenvalue weighted by atomic mass is 16.6. The molecule has 0 bridgehead atoms. The van der Waals surface area contributed by atoms with Crippen LogP contribution in [0, 0.1) is 5.92 Å². The van der Waals surface area contributed by atoms with Gasteiger partial charge in [-0.05, 0) is 53.9 Å². The van der Waals surface area contributed by atoms with Crippen molar-refractivity contribution in [3.05, 3.63) is 23.6 Å². The van der Waals surface area contributed by atoms with Crippen LogP contribution in [0.25, 0.3) is 0 Å². The van der Waals surface area contributed by atoms with Crippen molar-refractivity contribution in [1.82, 2.24) is 15.1 Å². The van der Waals surface area contributed by atoms with Crippen molar-refractivity contribution in [3.63, 3.8) is 0 Å². The highest BCUT2D eigenvalue weighted by Crippen LogP contribution is 2.36. The van der Waals surface area contributed by atoms with Crippen LogP contribution in [0.4, 0.5) is 0 Å². The first-order chi connectivity index (χ1) is 15.7. The van der Waals surface area contributed by atoms with Crippen LogP contribution in [0.3, 0.4) is 0 Å². The predicted molar refractivity (Wildman–Crippen MR) is 129 cm³/mol. The zero-order valence-corrected chi connectivity index (χ0v) is 21.9. The van der Waals surface area contributed by atoms with Gasteiger partial charge in [-0.25, -0.2) is 0 Å². The van der Waals surface area contributed by atoms with E-state index in [2.05, 4.69) is 24.1 Å². The molecule has 0 aromatic carbocycles. The molecule has 0 spiro atoms. The lowest BCUT2D eigenvalue weighted by Crippen LogP contribution is -2.48.